The van der Waals surface area contributed by atoms with Gasteiger partial charge in [0.15, 0.2) is 5.60 Å². The zero-order valence-electron chi connectivity index (χ0n) is 15.0. The molecule has 1 aliphatic heterocycles. The maximum Gasteiger partial charge on any atom is 0.268 e. The lowest BCUT2D eigenvalue weighted by Gasteiger charge is -2.31. The van der Waals surface area contributed by atoms with Crippen molar-refractivity contribution in [2.75, 3.05) is 23.3 Å². The van der Waals surface area contributed by atoms with Crippen LogP contribution in [0.15, 0.2) is 54.6 Å². The van der Waals surface area contributed by atoms with Crippen LogP contribution in [0.4, 0.5) is 11.4 Å². The van der Waals surface area contributed by atoms with Gasteiger partial charge in [-0.2, -0.15) is 0 Å². The maximum atomic E-state index is 12.8. The molecule has 0 radical (unpaired) electrons. The summed E-state index contributed by atoms with van der Waals surface area (Å²) in [5, 5.41) is 3.06. The maximum absolute atomic E-state index is 12.8. The fraction of sp³-hybridized carbons (Fsp3) is 0.381. The number of benzene rings is 2. The second kappa shape index (κ2) is 7.60. The Morgan fingerprint density at radius 2 is 1.60 bits per heavy atom. The molecule has 0 spiro atoms. The number of carbonyl (C=O) groups is 1. The minimum Gasteiger partial charge on any atom is -0.478 e. The van der Waals surface area contributed by atoms with Gasteiger partial charge in [0.25, 0.3) is 5.91 Å². The highest BCUT2D eigenvalue weighted by Crippen LogP contribution is 2.29. The highest BCUT2D eigenvalue weighted by Gasteiger charge is 2.31. The highest BCUT2D eigenvalue weighted by atomic mass is 16.5. The molecule has 2 aromatic carbocycles. The van der Waals surface area contributed by atoms with Gasteiger partial charge in [0.05, 0.1) is 11.4 Å². The molecule has 25 heavy (non-hydrogen) atoms. The molecule has 1 amide bonds. The second-order valence-electron chi connectivity index (χ2n) is 6.94. The van der Waals surface area contributed by atoms with E-state index in [9.17, 15) is 4.79 Å². The SMILES string of the molecule is CC(C)(Oc1ccccc1)C(=O)Nc1ccccc1N1CCCCC1. The van der Waals surface area contributed by atoms with E-state index in [2.05, 4.69) is 16.3 Å². The molecule has 1 aliphatic rings. The molecule has 4 nitrogen and oxygen atoms in total. The van der Waals surface area contributed by atoms with Gasteiger partial charge in [0, 0.05) is 13.1 Å². The van der Waals surface area contributed by atoms with Crippen LogP contribution in [0.5, 0.6) is 5.75 Å². The van der Waals surface area contributed by atoms with E-state index in [-0.39, 0.29) is 5.91 Å². The van der Waals surface area contributed by atoms with Crippen LogP contribution in [-0.4, -0.2) is 24.6 Å². The lowest BCUT2D eigenvalue weighted by atomic mass is 10.1. The van der Waals surface area contributed by atoms with E-state index in [0.717, 1.165) is 24.5 Å². The number of rotatable bonds is 5. The number of hydrogen-bond donors (Lipinski definition) is 1. The summed E-state index contributed by atoms with van der Waals surface area (Å²) in [4.78, 5) is 15.2. The average molecular weight is 338 g/mol. The third-order valence-electron chi connectivity index (χ3n) is 4.51. The normalized spacial score (nSPS) is 14.9. The molecule has 0 aromatic heterocycles. The van der Waals surface area contributed by atoms with Crippen molar-refractivity contribution < 1.29 is 9.53 Å². The summed E-state index contributed by atoms with van der Waals surface area (Å²) in [6.07, 6.45) is 3.68. The molecule has 2 aromatic rings. The van der Waals surface area contributed by atoms with Gasteiger partial charge >= 0.3 is 0 Å². The topological polar surface area (TPSA) is 41.6 Å². The van der Waals surface area contributed by atoms with E-state index in [1.165, 1.54) is 19.3 Å². The molecule has 4 heteroatoms. The van der Waals surface area contributed by atoms with Crippen LogP contribution >= 0.6 is 0 Å². The van der Waals surface area contributed by atoms with Gasteiger partial charge in [0.1, 0.15) is 5.75 Å². The van der Waals surface area contributed by atoms with Crippen molar-refractivity contribution in [2.45, 2.75) is 38.7 Å². The molecule has 132 valence electrons. The van der Waals surface area contributed by atoms with E-state index in [4.69, 9.17) is 4.74 Å². The summed E-state index contributed by atoms with van der Waals surface area (Å²) in [7, 11) is 0. The van der Waals surface area contributed by atoms with Crippen molar-refractivity contribution in [1.82, 2.24) is 0 Å². The van der Waals surface area contributed by atoms with Crippen LogP contribution in [0.3, 0.4) is 0 Å². The number of carbonyl (C=O) groups excluding carboxylic acids is 1. The minimum atomic E-state index is -0.962. The molecule has 1 N–H and O–H groups in total. The summed E-state index contributed by atoms with van der Waals surface area (Å²) in [5.41, 5.74) is 0.973. The first-order valence-electron chi connectivity index (χ1n) is 8.96. The second-order valence-corrected chi connectivity index (χ2v) is 6.94. The Labute approximate surface area is 149 Å². The van der Waals surface area contributed by atoms with E-state index in [0.29, 0.717) is 5.75 Å². The number of anilines is 2. The van der Waals surface area contributed by atoms with Crippen LogP contribution in [0.1, 0.15) is 33.1 Å². The molecule has 1 fully saturated rings. The third-order valence-corrected chi connectivity index (χ3v) is 4.51. The Hall–Kier alpha value is -2.49. The van der Waals surface area contributed by atoms with Crippen molar-refractivity contribution in [3.8, 4) is 5.75 Å². The molecule has 3 rings (SSSR count). The number of hydrogen-bond acceptors (Lipinski definition) is 3. The number of para-hydroxylation sites is 3. The van der Waals surface area contributed by atoms with Crippen molar-refractivity contribution in [3.05, 3.63) is 54.6 Å². The van der Waals surface area contributed by atoms with Crippen molar-refractivity contribution in [2.24, 2.45) is 0 Å². The number of amides is 1. The summed E-state index contributed by atoms with van der Waals surface area (Å²) < 4.78 is 5.90. The van der Waals surface area contributed by atoms with E-state index < -0.39 is 5.60 Å². The number of nitrogens with one attached hydrogen (secondary N) is 1. The third kappa shape index (κ3) is 4.32. The van der Waals surface area contributed by atoms with Gasteiger partial charge in [-0.25, -0.2) is 0 Å². The predicted octanol–water partition coefficient (Wildman–Crippen LogP) is 4.47. The van der Waals surface area contributed by atoms with Gasteiger partial charge in [-0.15, -0.1) is 0 Å². The molecule has 0 aliphatic carbocycles. The monoisotopic (exact) mass is 338 g/mol. The Balaban J connectivity index is 1.74. The first-order valence-corrected chi connectivity index (χ1v) is 8.96. The molecule has 0 bridgehead atoms. The van der Waals surface area contributed by atoms with Crippen molar-refractivity contribution >= 4 is 17.3 Å². The zero-order valence-corrected chi connectivity index (χ0v) is 15.0. The Morgan fingerprint density at radius 1 is 0.960 bits per heavy atom. The van der Waals surface area contributed by atoms with Gasteiger partial charge in [-0.05, 0) is 57.4 Å². The fourth-order valence-electron chi connectivity index (χ4n) is 3.09. The Kier molecular flexibility index (Phi) is 5.27. The van der Waals surface area contributed by atoms with E-state index in [1.807, 2.05) is 48.5 Å². The number of ether oxygens (including phenoxy) is 1. The van der Waals surface area contributed by atoms with Crippen LogP contribution < -0.4 is 15.0 Å². The predicted molar refractivity (Wildman–Crippen MR) is 102 cm³/mol. The van der Waals surface area contributed by atoms with E-state index >= 15 is 0 Å². The zero-order chi connectivity index (χ0) is 17.7. The van der Waals surface area contributed by atoms with Crippen molar-refractivity contribution in [3.63, 3.8) is 0 Å². The standard InChI is InChI=1S/C21H26N2O2/c1-21(2,25-17-11-5-3-6-12-17)20(24)22-18-13-7-8-14-19(18)23-15-9-4-10-16-23/h3,5-8,11-14H,4,9-10,15-16H2,1-2H3,(H,22,24). The molecular weight excluding hydrogens is 312 g/mol. The summed E-state index contributed by atoms with van der Waals surface area (Å²) in [5.74, 6) is 0.535. The van der Waals surface area contributed by atoms with Crippen LogP contribution in [0.2, 0.25) is 0 Å². The Morgan fingerprint density at radius 3 is 2.32 bits per heavy atom. The van der Waals surface area contributed by atoms with Gasteiger partial charge in [-0.1, -0.05) is 30.3 Å². The summed E-state index contributed by atoms with van der Waals surface area (Å²) >= 11 is 0. The van der Waals surface area contributed by atoms with E-state index in [1.54, 1.807) is 13.8 Å². The fourth-order valence-corrected chi connectivity index (χ4v) is 3.09. The lowest BCUT2D eigenvalue weighted by Crippen LogP contribution is -2.43. The van der Waals surface area contributed by atoms with Crippen LogP contribution in [0, 0.1) is 0 Å². The number of nitrogens with zero attached hydrogens (tertiary/aromatic N) is 1. The molecule has 1 saturated heterocycles. The quantitative estimate of drug-likeness (QED) is 0.874. The number of piperidine rings is 1. The largest absolute Gasteiger partial charge is 0.478 e. The highest BCUT2D eigenvalue weighted by molar-refractivity contribution is 5.99. The lowest BCUT2D eigenvalue weighted by molar-refractivity contribution is -0.128. The summed E-state index contributed by atoms with van der Waals surface area (Å²) in [6, 6.07) is 17.4. The van der Waals surface area contributed by atoms with Crippen LogP contribution in [0.25, 0.3) is 0 Å². The van der Waals surface area contributed by atoms with Crippen molar-refractivity contribution in [1.29, 1.82) is 0 Å². The first-order chi connectivity index (χ1) is 12.1. The molecule has 0 atom stereocenters. The minimum absolute atomic E-state index is 0.152. The average Bonchev–Trinajstić information content (AvgIpc) is 2.63. The Bertz CT molecular complexity index is 707. The first kappa shape index (κ1) is 17.3. The van der Waals surface area contributed by atoms with Crippen LogP contribution in [-0.2, 0) is 4.79 Å². The molecule has 0 saturated carbocycles. The molecular formula is C21H26N2O2. The molecule has 0 unspecified atom stereocenters. The molecule has 1 heterocycles. The van der Waals surface area contributed by atoms with Gasteiger partial charge in [0.2, 0.25) is 0 Å². The van der Waals surface area contributed by atoms with Gasteiger partial charge < -0.3 is 15.0 Å². The van der Waals surface area contributed by atoms with Gasteiger partial charge in [-0.3, -0.25) is 4.79 Å². The summed E-state index contributed by atoms with van der Waals surface area (Å²) in [6.45, 7) is 5.66. The smallest absolute Gasteiger partial charge is 0.268 e.